The van der Waals surface area contributed by atoms with E-state index in [0.29, 0.717) is 42.3 Å². The summed E-state index contributed by atoms with van der Waals surface area (Å²) in [6.07, 6.45) is 3.31. The average Bonchev–Trinajstić information content (AvgIpc) is 3.61. The number of ether oxygens (including phenoxy) is 1. The highest BCUT2D eigenvalue weighted by molar-refractivity contribution is 5.87. The van der Waals surface area contributed by atoms with Gasteiger partial charge >= 0.3 is 0 Å². The van der Waals surface area contributed by atoms with Gasteiger partial charge in [0.1, 0.15) is 11.5 Å². The molecule has 1 aliphatic heterocycles. The Bertz CT molecular complexity index is 1640. The predicted octanol–water partition coefficient (Wildman–Crippen LogP) is 5.00. The zero-order chi connectivity index (χ0) is 26.9. The average molecular weight is 523 g/mol. The molecule has 198 valence electrons. The van der Waals surface area contributed by atoms with Crippen molar-refractivity contribution < 1.29 is 9.53 Å². The van der Waals surface area contributed by atoms with Crippen LogP contribution in [0.2, 0.25) is 0 Å². The number of amides is 1. The third-order valence-corrected chi connectivity index (χ3v) is 7.07. The van der Waals surface area contributed by atoms with Crippen molar-refractivity contribution in [3.63, 3.8) is 0 Å². The van der Waals surface area contributed by atoms with Crippen molar-refractivity contribution in [2.45, 2.75) is 33.2 Å². The van der Waals surface area contributed by atoms with Gasteiger partial charge in [-0.25, -0.2) is 15.0 Å². The third-order valence-electron chi connectivity index (χ3n) is 7.07. The number of hydrogen-bond donors (Lipinski definition) is 1. The van der Waals surface area contributed by atoms with E-state index in [1.165, 1.54) is 0 Å². The highest BCUT2D eigenvalue weighted by Crippen LogP contribution is 2.31. The second-order valence-corrected chi connectivity index (χ2v) is 9.72. The largest absolute Gasteiger partial charge is 0.457 e. The van der Waals surface area contributed by atoms with Crippen LogP contribution in [-0.4, -0.2) is 53.2 Å². The summed E-state index contributed by atoms with van der Waals surface area (Å²) in [5.74, 6) is 2.91. The molecule has 0 aliphatic carbocycles. The first kappa shape index (κ1) is 24.6. The molecule has 0 unspecified atom stereocenters. The van der Waals surface area contributed by atoms with Crippen molar-refractivity contribution in [3.8, 4) is 22.9 Å². The van der Waals surface area contributed by atoms with E-state index in [2.05, 4.69) is 15.4 Å². The van der Waals surface area contributed by atoms with Gasteiger partial charge in [-0.05, 0) is 56.7 Å². The number of anilines is 2. The number of nitrogens with one attached hydrogen (secondary N) is 1. The first-order valence-electron chi connectivity index (χ1n) is 13.1. The Morgan fingerprint density at radius 2 is 1.74 bits per heavy atom. The minimum atomic E-state index is 0.207. The topological polar surface area (TPSA) is 103 Å². The highest BCUT2D eigenvalue weighted by atomic mass is 16.5. The minimum absolute atomic E-state index is 0.207. The second kappa shape index (κ2) is 10.2. The monoisotopic (exact) mass is 522 g/mol. The molecule has 1 amide bonds. The number of carbonyl (C=O) groups excluding carboxylic acids is 1. The van der Waals surface area contributed by atoms with Crippen molar-refractivity contribution in [3.05, 3.63) is 72.3 Å². The van der Waals surface area contributed by atoms with Crippen LogP contribution in [0.3, 0.4) is 0 Å². The fourth-order valence-corrected chi connectivity index (χ4v) is 4.94. The summed E-state index contributed by atoms with van der Waals surface area (Å²) >= 11 is 0. The first-order valence-corrected chi connectivity index (χ1v) is 13.1. The number of para-hydroxylation sites is 1. The molecule has 0 spiro atoms. The molecule has 0 bridgehead atoms. The van der Waals surface area contributed by atoms with Crippen molar-refractivity contribution in [2.75, 3.05) is 18.4 Å². The van der Waals surface area contributed by atoms with Gasteiger partial charge in [-0.1, -0.05) is 18.2 Å². The van der Waals surface area contributed by atoms with Crippen LogP contribution in [0.4, 0.5) is 11.5 Å². The lowest BCUT2D eigenvalue weighted by molar-refractivity contribution is -0.127. The summed E-state index contributed by atoms with van der Waals surface area (Å²) in [5, 5.41) is 8.00. The van der Waals surface area contributed by atoms with E-state index in [9.17, 15) is 4.79 Å². The minimum Gasteiger partial charge on any atom is -0.457 e. The molecule has 4 heterocycles. The van der Waals surface area contributed by atoms with E-state index in [0.717, 1.165) is 47.1 Å². The maximum absolute atomic E-state index is 12.1. The summed E-state index contributed by atoms with van der Waals surface area (Å²) < 4.78 is 9.77. The molecule has 0 saturated carbocycles. The van der Waals surface area contributed by atoms with Crippen molar-refractivity contribution in [2.24, 2.45) is 7.05 Å². The molecule has 1 N–H and O–H groups in total. The zero-order valence-electron chi connectivity index (χ0n) is 22.3. The van der Waals surface area contributed by atoms with Gasteiger partial charge in [0.25, 0.3) is 0 Å². The lowest BCUT2D eigenvalue weighted by Crippen LogP contribution is -2.28. The summed E-state index contributed by atoms with van der Waals surface area (Å²) in [4.78, 5) is 28.6. The Morgan fingerprint density at radius 1 is 0.974 bits per heavy atom. The van der Waals surface area contributed by atoms with E-state index >= 15 is 0 Å². The number of benzene rings is 2. The molecule has 0 atom stereocenters. The van der Waals surface area contributed by atoms with Gasteiger partial charge in [0, 0.05) is 44.5 Å². The molecule has 6 rings (SSSR count). The molecule has 2 aromatic carbocycles. The fourth-order valence-electron chi connectivity index (χ4n) is 4.94. The summed E-state index contributed by atoms with van der Waals surface area (Å²) in [5.41, 5.74) is 4.95. The number of carbonyl (C=O) groups is 1. The summed E-state index contributed by atoms with van der Waals surface area (Å²) in [6.45, 7) is 6.01. The first-order chi connectivity index (χ1) is 19.0. The maximum atomic E-state index is 12.1. The SMILES string of the molecule is Cc1nn(C)c(C)c1-c1nc(Nc2ccc(Oc3ccccc3)cc2)c2ncn(CCN3CCCC3=O)c2n1. The summed E-state index contributed by atoms with van der Waals surface area (Å²) in [7, 11) is 1.92. The molecule has 1 fully saturated rings. The number of aryl methyl sites for hydroxylation is 2. The third kappa shape index (κ3) is 4.93. The van der Waals surface area contributed by atoms with Gasteiger partial charge in [-0.3, -0.25) is 9.48 Å². The normalized spacial score (nSPS) is 13.4. The Labute approximate surface area is 226 Å². The zero-order valence-corrected chi connectivity index (χ0v) is 22.3. The van der Waals surface area contributed by atoms with Gasteiger partial charge in [-0.2, -0.15) is 5.10 Å². The van der Waals surface area contributed by atoms with Gasteiger partial charge in [-0.15, -0.1) is 0 Å². The molecule has 10 nitrogen and oxygen atoms in total. The van der Waals surface area contributed by atoms with Crippen LogP contribution >= 0.6 is 0 Å². The fraction of sp³-hybridized carbons (Fsp3) is 0.276. The number of hydrogen-bond acceptors (Lipinski definition) is 7. The molecule has 10 heteroatoms. The number of likely N-dealkylation sites (tertiary alicyclic amines) is 1. The molecule has 1 aliphatic rings. The van der Waals surface area contributed by atoms with Crippen LogP contribution in [0.5, 0.6) is 11.5 Å². The van der Waals surface area contributed by atoms with Crippen molar-refractivity contribution in [1.82, 2.24) is 34.2 Å². The standard InChI is InChI=1S/C29H30N8O2/c1-19-25(20(2)35(3)34-19)27-32-28(31-21-11-13-23(14-12-21)39-22-8-5-4-6-9-22)26-29(33-27)37(18-30-26)17-16-36-15-7-10-24(36)38/h4-6,8-9,11-14,18H,7,10,15-17H2,1-3H3,(H,31,32,33). The highest BCUT2D eigenvalue weighted by Gasteiger charge is 2.22. The number of aromatic nitrogens is 6. The van der Waals surface area contributed by atoms with E-state index < -0.39 is 0 Å². The Kier molecular flexibility index (Phi) is 6.44. The van der Waals surface area contributed by atoms with E-state index in [-0.39, 0.29) is 5.91 Å². The van der Waals surface area contributed by atoms with Gasteiger partial charge < -0.3 is 19.5 Å². The molecule has 39 heavy (non-hydrogen) atoms. The Balaban J connectivity index is 1.34. The van der Waals surface area contributed by atoms with E-state index in [1.807, 2.05) is 89.6 Å². The molecule has 3 aromatic heterocycles. The van der Waals surface area contributed by atoms with Gasteiger partial charge in [0.2, 0.25) is 5.91 Å². The van der Waals surface area contributed by atoms with Crippen LogP contribution < -0.4 is 10.1 Å². The molecule has 5 aromatic rings. The lowest BCUT2D eigenvalue weighted by Gasteiger charge is -2.16. The van der Waals surface area contributed by atoms with Crippen molar-refractivity contribution >= 4 is 28.6 Å². The number of nitrogens with zero attached hydrogens (tertiary/aromatic N) is 7. The molecular formula is C29H30N8O2. The maximum Gasteiger partial charge on any atom is 0.222 e. The molecular weight excluding hydrogens is 492 g/mol. The lowest BCUT2D eigenvalue weighted by atomic mass is 10.2. The van der Waals surface area contributed by atoms with Crippen LogP contribution in [0.25, 0.3) is 22.6 Å². The Hall–Kier alpha value is -4.73. The molecule has 0 radical (unpaired) electrons. The predicted molar refractivity (Wildman–Crippen MR) is 149 cm³/mol. The van der Waals surface area contributed by atoms with Gasteiger partial charge in [0.05, 0.1) is 17.6 Å². The number of rotatable bonds is 8. The summed E-state index contributed by atoms with van der Waals surface area (Å²) in [6, 6.07) is 17.4. The van der Waals surface area contributed by atoms with Gasteiger partial charge in [0.15, 0.2) is 22.8 Å². The van der Waals surface area contributed by atoms with Crippen LogP contribution in [0.1, 0.15) is 24.2 Å². The Morgan fingerprint density at radius 3 is 2.44 bits per heavy atom. The smallest absolute Gasteiger partial charge is 0.222 e. The number of fused-ring (bicyclic) bond motifs is 1. The number of imidazole rings is 1. The second-order valence-electron chi connectivity index (χ2n) is 9.72. The van der Waals surface area contributed by atoms with Crippen molar-refractivity contribution in [1.29, 1.82) is 0 Å². The van der Waals surface area contributed by atoms with E-state index in [4.69, 9.17) is 14.7 Å². The van der Waals surface area contributed by atoms with E-state index in [1.54, 1.807) is 6.33 Å². The van der Waals surface area contributed by atoms with Crippen LogP contribution in [0, 0.1) is 13.8 Å². The molecule has 1 saturated heterocycles. The van der Waals surface area contributed by atoms with Crippen LogP contribution in [0.15, 0.2) is 60.9 Å². The quantitative estimate of drug-likeness (QED) is 0.306. The van der Waals surface area contributed by atoms with Crippen LogP contribution in [-0.2, 0) is 18.4 Å².